The SMILES string of the molecule is Cc1cn(N=Cc2cc(C)c3[nH]c4ccc(Br)cc4c3c2C)c(N)n1. The molecule has 6 heteroatoms. The number of nitrogens with two attached hydrogens (primary N) is 1. The highest BCUT2D eigenvalue weighted by molar-refractivity contribution is 9.10. The molecule has 4 rings (SSSR count). The predicted molar refractivity (Wildman–Crippen MR) is 107 cm³/mol. The van der Waals surface area contributed by atoms with Crippen LogP contribution in [-0.2, 0) is 0 Å². The Labute approximate surface area is 153 Å². The topological polar surface area (TPSA) is 72.0 Å². The Hall–Kier alpha value is -2.60. The molecule has 0 amide bonds. The van der Waals surface area contributed by atoms with Crippen molar-refractivity contribution in [2.75, 3.05) is 5.73 Å². The Bertz CT molecular complexity index is 1150. The number of fused-ring (bicyclic) bond motifs is 3. The molecule has 0 spiro atoms. The summed E-state index contributed by atoms with van der Waals surface area (Å²) in [6.07, 6.45) is 3.66. The lowest BCUT2D eigenvalue weighted by molar-refractivity contribution is 0.897. The van der Waals surface area contributed by atoms with Crippen LogP contribution in [-0.4, -0.2) is 20.9 Å². The number of nitrogens with one attached hydrogen (secondary N) is 1. The van der Waals surface area contributed by atoms with Gasteiger partial charge in [0.15, 0.2) is 0 Å². The van der Waals surface area contributed by atoms with Gasteiger partial charge in [0, 0.05) is 26.3 Å². The number of nitrogen functional groups attached to an aromatic ring is 1. The summed E-state index contributed by atoms with van der Waals surface area (Å²) in [5.74, 6) is 0.389. The van der Waals surface area contributed by atoms with Gasteiger partial charge in [0.25, 0.3) is 0 Å². The fraction of sp³-hybridized carbons (Fsp3) is 0.158. The first-order valence-corrected chi connectivity index (χ1v) is 8.80. The second-order valence-corrected chi connectivity index (χ2v) is 7.22. The Kier molecular flexibility index (Phi) is 3.65. The van der Waals surface area contributed by atoms with E-state index < -0.39 is 0 Å². The Morgan fingerprint density at radius 1 is 1.24 bits per heavy atom. The summed E-state index contributed by atoms with van der Waals surface area (Å²) in [7, 11) is 0. The number of aromatic amines is 1. The van der Waals surface area contributed by atoms with Crippen molar-refractivity contribution in [1.29, 1.82) is 0 Å². The molecular formula is C19H18BrN5. The third-order valence-corrected chi connectivity index (χ3v) is 4.98. The minimum Gasteiger partial charge on any atom is -0.368 e. The van der Waals surface area contributed by atoms with Gasteiger partial charge in [-0.05, 0) is 61.7 Å². The number of hydrogen-bond donors (Lipinski definition) is 2. The predicted octanol–water partition coefficient (Wildman–Crippen LogP) is 4.67. The quantitative estimate of drug-likeness (QED) is 0.484. The zero-order valence-electron chi connectivity index (χ0n) is 14.3. The summed E-state index contributed by atoms with van der Waals surface area (Å²) in [4.78, 5) is 7.70. The van der Waals surface area contributed by atoms with Gasteiger partial charge < -0.3 is 10.7 Å². The first kappa shape index (κ1) is 15.9. The monoisotopic (exact) mass is 395 g/mol. The molecule has 0 fully saturated rings. The number of nitrogens with zero attached hydrogens (tertiary/aromatic N) is 3. The van der Waals surface area contributed by atoms with Crippen molar-refractivity contribution >= 4 is 49.9 Å². The van der Waals surface area contributed by atoms with Crippen LogP contribution < -0.4 is 5.73 Å². The highest BCUT2D eigenvalue weighted by Crippen LogP contribution is 2.33. The van der Waals surface area contributed by atoms with E-state index in [0.717, 1.165) is 21.2 Å². The third kappa shape index (κ3) is 2.62. The third-order valence-electron chi connectivity index (χ3n) is 4.49. The number of halogens is 1. The zero-order valence-corrected chi connectivity index (χ0v) is 15.8. The van der Waals surface area contributed by atoms with E-state index in [1.165, 1.54) is 27.4 Å². The van der Waals surface area contributed by atoms with Gasteiger partial charge in [0.2, 0.25) is 5.95 Å². The fourth-order valence-electron chi connectivity index (χ4n) is 3.26. The van der Waals surface area contributed by atoms with E-state index in [4.69, 9.17) is 5.73 Å². The number of anilines is 1. The molecule has 0 aliphatic carbocycles. The second-order valence-electron chi connectivity index (χ2n) is 6.30. The minimum absolute atomic E-state index is 0.389. The summed E-state index contributed by atoms with van der Waals surface area (Å²) in [5.41, 5.74) is 12.4. The molecule has 2 heterocycles. The van der Waals surface area contributed by atoms with E-state index in [2.05, 4.69) is 69.1 Å². The van der Waals surface area contributed by atoms with Crippen molar-refractivity contribution in [1.82, 2.24) is 14.6 Å². The van der Waals surface area contributed by atoms with Crippen LogP contribution >= 0.6 is 15.9 Å². The standard InChI is InChI=1S/C19H18BrN5/c1-10-6-13(8-22-25-9-11(2)23-19(25)21)12(3)17-15-7-14(20)4-5-16(15)24-18(10)17/h4-9,24H,1-3H3,(H2,21,23). The summed E-state index contributed by atoms with van der Waals surface area (Å²) in [6.45, 7) is 6.13. The van der Waals surface area contributed by atoms with Crippen LogP contribution in [0.3, 0.4) is 0 Å². The maximum absolute atomic E-state index is 5.87. The smallest absolute Gasteiger partial charge is 0.221 e. The van der Waals surface area contributed by atoms with Crippen LogP contribution in [0.5, 0.6) is 0 Å². The van der Waals surface area contributed by atoms with E-state index in [1.54, 1.807) is 4.68 Å². The highest BCUT2D eigenvalue weighted by atomic mass is 79.9. The Balaban J connectivity index is 1.93. The van der Waals surface area contributed by atoms with Crippen LogP contribution in [0.4, 0.5) is 5.95 Å². The maximum Gasteiger partial charge on any atom is 0.221 e. The first-order chi connectivity index (χ1) is 11.9. The number of H-pyrrole nitrogens is 1. The molecule has 3 N–H and O–H groups in total. The van der Waals surface area contributed by atoms with Gasteiger partial charge in [-0.1, -0.05) is 15.9 Å². The number of hydrogen-bond acceptors (Lipinski definition) is 3. The lowest BCUT2D eigenvalue weighted by Gasteiger charge is -2.06. The van der Waals surface area contributed by atoms with Gasteiger partial charge in [0.05, 0.1) is 18.1 Å². The molecule has 0 saturated heterocycles. The van der Waals surface area contributed by atoms with E-state index >= 15 is 0 Å². The molecule has 5 nitrogen and oxygen atoms in total. The maximum atomic E-state index is 5.87. The number of rotatable bonds is 2. The zero-order chi connectivity index (χ0) is 17.7. The van der Waals surface area contributed by atoms with Crippen LogP contribution in [0.15, 0.2) is 40.0 Å². The summed E-state index contributed by atoms with van der Waals surface area (Å²) >= 11 is 3.57. The fourth-order valence-corrected chi connectivity index (χ4v) is 3.62. The first-order valence-electron chi connectivity index (χ1n) is 8.01. The van der Waals surface area contributed by atoms with Crippen molar-refractivity contribution in [3.63, 3.8) is 0 Å². The van der Waals surface area contributed by atoms with Gasteiger partial charge in [-0.2, -0.15) is 5.10 Å². The van der Waals surface area contributed by atoms with E-state index in [0.29, 0.717) is 5.95 Å². The molecule has 0 atom stereocenters. The van der Waals surface area contributed by atoms with Crippen molar-refractivity contribution in [3.05, 3.63) is 57.3 Å². The molecule has 4 aromatic rings. The molecule has 126 valence electrons. The summed E-state index contributed by atoms with van der Waals surface area (Å²) in [6, 6.07) is 8.44. The van der Waals surface area contributed by atoms with Crippen molar-refractivity contribution in [2.45, 2.75) is 20.8 Å². The molecule has 0 bridgehead atoms. The number of aryl methyl sites for hydroxylation is 3. The van der Waals surface area contributed by atoms with Gasteiger partial charge in [-0.15, -0.1) is 0 Å². The highest BCUT2D eigenvalue weighted by Gasteiger charge is 2.12. The summed E-state index contributed by atoms with van der Waals surface area (Å²) < 4.78 is 2.67. The average Bonchev–Trinajstić information content (AvgIpc) is 3.09. The van der Waals surface area contributed by atoms with Gasteiger partial charge in [-0.3, -0.25) is 0 Å². The van der Waals surface area contributed by atoms with E-state index in [-0.39, 0.29) is 0 Å². The van der Waals surface area contributed by atoms with Crippen LogP contribution in [0.1, 0.15) is 22.4 Å². The summed E-state index contributed by atoms with van der Waals surface area (Å²) in [5, 5.41) is 6.91. The van der Waals surface area contributed by atoms with Gasteiger partial charge >= 0.3 is 0 Å². The van der Waals surface area contributed by atoms with Crippen molar-refractivity contribution < 1.29 is 0 Å². The molecule has 0 saturated carbocycles. The average molecular weight is 396 g/mol. The largest absolute Gasteiger partial charge is 0.368 e. The lowest BCUT2D eigenvalue weighted by atomic mass is 9.99. The van der Waals surface area contributed by atoms with Gasteiger partial charge in [-0.25, -0.2) is 9.66 Å². The minimum atomic E-state index is 0.389. The van der Waals surface area contributed by atoms with Crippen LogP contribution in [0.25, 0.3) is 21.8 Å². The molecule has 2 aromatic heterocycles. The molecule has 2 aromatic carbocycles. The van der Waals surface area contributed by atoms with Crippen LogP contribution in [0, 0.1) is 20.8 Å². The molecular weight excluding hydrogens is 378 g/mol. The van der Waals surface area contributed by atoms with Gasteiger partial charge in [0.1, 0.15) is 0 Å². The van der Waals surface area contributed by atoms with E-state index in [1.807, 2.05) is 19.3 Å². The Morgan fingerprint density at radius 3 is 2.76 bits per heavy atom. The Morgan fingerprint density at radius 2 is 2.04 bits per heavy atom. The molecule has 0 unspecified atom stereocenters. The molecule has 0 aliphatic heterocycles. The number of imidazole rings is 1. The van der Waals surface area contributed by atoms with E-state index in [9.17, 15) is 0 Å². The number of aromatic nitrogens is 3. The van der Waals surface area contributed by atoms with Crippen LogP contribution in [0.2, 0.25) is 0 Å². The molecule has 25 heavy (non-hydrogen) atoms. The normalized spacial score (nSPS) is 12.0. The molecule has 0 aliphatic rings. The van der Waals surface area contributed by atoms with Crippen molar-refractivity contribution in [3.8, 4) is 0 Å². The second kappa shape index (κ2) is 5.74. The van der Waals surface area contributed by atoms with Crippen molar-refractivity contribution in [2.24, 2.45) is 5.10 Å². The molecule has 0 radical (unpaired) electrons. The number of benzene rings is 2. The lowest BCUT2D eigenvalue weighted by Crippen LogP contribution is -1.98.